The van der Waals surface area contributed by atoms with Crippen molar-refractivity contribution in [2.45, 2.75) is 19.4 Å². The first-order valence-corrected chi connectivity index (χ1v) is 5.46. The number of alkyl halides is 2. The first kappa shape index (κ1) is 13.3. The maximum Gasteiger partial charge on any atom is 0.279 e. The van der Waals surface area contributed by atoms with Crippen LogP contribution in [0.25, 0.3) is 0 Å². The molecule has 90 valence electrons. The van der Waals surface area contributed by atoms with Crippen LogP contribution in [0.4, 0.5) is 8.78 Å². The summed E-state index contributed by atoms with van der Waals surface area (Å²) in [6.07, 6.45) is -2.71. The van der Waals surface area contributed by atoms with E-state index in [0.29, 0.717) is 0 Å². The molecule has 1 atom stereocenters. The lowest BCUT2D eigenvalue weighted by atomic mass is 10.2. The summed E-state index contributed by atoms with van der Waals surface area (Å²) in [4.78, 5) is 11.6. The minimum absolute atomic E-state index is 0.204. The van der Waals surface area contributed by atoms with Crippen molar-refractivity contribution in [2.75, 3.05) is 13.7 Å². The van der Waals surface area contributed by atoms with E-state index in [2.05, 4.69) is 15.9 Å². The SMILES string of the molecule is COCC(C)n1c(C(F)F)c(Br)ccc1=O. The van der Waals surface area contributed by atoms with E-state index in [0.717, 1.165) is 4.57 Å². The Kier molecular flexibility index (Phi) is 4.61. The Morgan fingerprint density at radius 2 is 2.12 bits per heavy atom. The molecule has 0 aliphatic carbocycles. The summed E-state index contributed by atoms with van der Waals surface area (Å²) in [5.74, 6) is 0. The van der Waals surface area contributed by atoms with Gasteiger partial charge in [0.15, 0.2) is 0 Å². The smallest absolute Gasteiger partial charge is 0.279 e. The summed E-state index contributed by atoms with van der Waals surface area (Å²) < 4.78 is 31.8. The van der Waals surface area contributed by atoms with Crippen LogP contribution >= 0.6 is 15.9 Å². The standard InChI is InChI=1S/C10H12BrF2NO2/c1-6(5-16-2)14-8(15)4-3-7(11)9(14)10(12)13/h3-4,6,10H,5H2,1-2H3. The third-order valence-corrected chi connectivity index (χ3v) is 2.84. The molecule has 0 spiro atoms. The molecule has 6 heteroatoms. The van der Waals surface area contributed by atoms with Crippen LogP contribution in [0.15, 0.2) is 21.4 Å². The molecule has 0 saturated heterocycles. The predicted octanol–water partition coefficient (Wildman–Crippen LogP) is 2.76. The van der Waals surface area contributed by atoms with Crippen LogP contribution in [0, 0.1) is 0 Å². The molecule has 0 fully saturated rings. The second kappa shape index (κ2) is 5.54. The van der Waals surface area contributed by atoms with Gasteiger partial charge in [-0.25, -0.2) is 8.78 Å². The lowest BCUT2D eigenvalue weighted by Crippen LogP contribution is -2.28. The Balaban J connectivity index is 3.34. The molecule has 0 amide bonds. The minimum atomic E-state index is -2.71. The van der Waals surface area contributed by atoms with E-state index in [1.165, 1.54) is 19.2 Å². The van der Waals surface area contributed by atoms with Gasteiger partial charge in [0.2, 0.25) is 0 Å². The fraction of sp³-hybridized carbons (Fsp3) is 0.500. The molecule has 0 N–H and O–H groups in total. The van der Waals surface area contributed by atoms with Crippen molar-refractivity contribution in [2.24, 2.45) is 0 Å². The zero-order valence-electron chi connectivity index (χ0n) is 8.91. The topological polar surface area (TPSA) is 31.2 Å². The van der Waals surface area contributed by atoms with E-state index in [1.54, 1.807) is 6.92 Å². The van der Waals surface area contributed by atoms with Gasteiger partial charge in [0.05, 0.1) is 12.6 Å². The fourth-order valence-corrected chi connectivity index (χ4v) is 2.02. The van der Waals surface area contributed by atoms with Gasteiger partial charge in [-0.05, 0) is 28.9 Å². The minimum Gasteiger partial charge on any atom is -0.383 e. The van der Waals surface area contributed by atoms with Gasteiger partial charge < -0.3 is 9.30 Å². The van der Waals surface area contributed by atoms with Crippen molar-refractivity contribution in [3.05, 3.63) is 32.7 Å². The van der Waals surface area contributed by atoms with Crippen molar-refractivity contribution >= 4 is 15.9 Å². The van der Waals surface area contributed by atoms with Gasteiger partial charge in [-0.1, -0.05) is 0 Å². The molecule has 0 radical (unpaired) electrons. The molecule has 0 aliphatic heterocycles. The van der Waals surface area contributed by atoms with Crippen molar-refractivity contribution in [1.29, 1.82) is 0 Å². The molecule has 1 aromatic heterocycles. The largest absolute Gasteiger partial charge is 0.383 e. The zero-order chi connectivity index (χ0) is 12.3. The number of hydrogen-bond acceptors (Lipinski definition) is 2. The Hall–Kier alpha value is -0.750. The predicted molar refractivity (Wildman–Crippen MR) is 59.9 cm³/mol. The van der Waals surface area contributed by atoms with Crippen LogP contribution in [0.3, 0.4) is 0 Å². The first-order chi connectivity index (χ1) is 7.49. The highest BCUT2D eigenvalue weighted by Crippen LogP contribution is 2.27. The van der Waals surface area contributed by atoms with Crippen LogP contribution in [0.1, 0.15) is 25.1 Å². The number of aromatic nitrogens is 1. The summed E-state index contributed by atoms with van der Waals surface area (Å²) in [5, 5.41) is 0. The van der Waals surface area contributed by atoms with E-state index in [1.807, 2.05) is 0 Å². The van der Waals surface area contributed by atoms with Gasteiger partial charge in [0.1, 0.15) is 5.69 Å². The molecule has 0 aliphatic rings. The fourth-order valence-electron chi connectivity index (χ4n) is 1.52. The molecule has 0 aromatic carbocycles. The molecule has 0 bridgehead atoms. The third-order valence-electron chi connectivity index (χ3n) is 2.17. The number of ether oxygens (including phenoxy) is 1. The number of nitrogens with zero attached hydrogens (tertiary/aromatic N) is 1. The lowest BCUT2D eigenvalue weighted by Gasteiger charge is -2.19. The maximum absolute atomic E-state index is 12.8. The second-order valence-electron chi connectivity index (χ2n) is 3.38. The number of methoxy groups -OCH3 is 1. The summed E-state index contributed by atoms with van der Waals surface area (Å²) in [6.45, 7) is 1.86. The normalized spacial score (nSPS) is 13.1. The van der Waals surface area contributed by atoms with Crippen LogP contribution in [-0.2, 0) is 4.74 Å². The molecule has 16 heavy (non-hydrogen) atoms. The average molecular weight is 296 g/mol. The average Bonchev–Trinajstić information content (AvgIpc) is 2.20. The third kappa shape index (κ3) is 2.68. The number of pyridine rings is 1. The van der Waals surface area contributed by atoms with Crippen molar-refractivity contribution < 1.29 is 13.5 Å². The Bertz CT molecular complexity index is 420. The van der Waals surface area contributed by atoms with Crippen molar-refractivity contribution in [3.63, 3.8) is 0 Å². The highest BCUT2D eigenvalue weighted by molar-refractivity contribution is 9.10. The van der Waals surface area contributed by atoms with E-state index in [4.69, 9.17) is 4.74 Å². The van der Waals surface area contributed by atoms with Gasteiger partial charge in [-0.2, -0.15) is 0 Å². The van der Waals surface area contributed by atoms with Crippen LogP contribution in [0.2, 0.25) is 0 Å². The zero-order valence-corrected chi connectivity index (χ0v) is 10.5. The first-order valence-electron chi connectivity index (χ1n) is 4.67. The summed E-state index contributed by atoms with van der Waals surface area (Å²) in [6, 6.07) is 2.15. The molecular formula is C10H12BrF2NO2. The van der Waals surface area contributed by atoms with E-state index in [9.17, 15) is 13.6 Å². The number of hydrogen-bond donors (Lipinski definition) is 0. The molecule has 1 unspecified atom stereocenters. The van der Waals surface area contributed by atoms with Gasteiger partial charge >= 0.3 is 0 Å². The Labute approximate surface area is 100 Å². The molecule has 0 saturated carbocycles. The van der Waals surface area contributed by atoms with Crippen LogP contribution < -0.4 is 5.56 Å². The highest BCUT2D eigenvalue weighted by atomic mass is 79.9. The second-order valence-corrected chi connectivity index (χ2v) is 4.23. The van der Waals surface area contributed by atoms with E-state index < -0.39 is 18.0 Å². The molecule has 1 rings (SSSR count). The summed E-state index contributed by atoms with van der Waals surface area (Å²) >= 11 is 3.02. The molecule has 1 heterocycles. The maximum atomic E-state index is 12.8. The van der Waals surface area contributed by atoms with E-state index in [-0.39, 0.29) is 16.8 Å². The molecule has 1 aromatic rings. The Morgan fingerprint density at radius 1 is 1.50 bits per heavy atom. The summed E-state index contributed by atoms with van der Waals surface area (Å²) in [7, 11) is 1.46. The van der Waals surface area contributed by atoms with Crippen molar-refractivity contribution in [1.82, 2.24) is 4.57 Å². The quantitative estimate of drug-likeness (QED) is 0.855. The van der Waals surface area contributed by atoms with Crippen LogP contribution in [-0.4, -0.2) is 18.3 Å². The monoisotopic (exact) mass is 295 g/mol. The highest BCUT2D eigenvalue weighted by Gasteiger charge is 2.21. The van der Waals surface area contributed by atoms with Gasteiger partial charge in [-0.15, -0.1) is 0 Å². The number of rotatable bonds is 4. The Morgan fingerprint density at radius 3 is 2.62 bits per heavy atom. The molecular weight excluding hydrogens is 284 g/mol. The lowest BCUT2D eigenvalue weighted by molar-refractivity contribution is 0.121. The van der Waals surface area contributed by atoms with Crippen LogP contribution in [0.5, 0.6) is 0 Å². The van der Waals surface area contributed by atoms with E-state index >= 15 is 0 Å². The van der Waals surface area contributed by atoms with Gasteiger partial charge in [0.25, 0.3) is 12.0 Å². The molecule has 3 nitrogen and oxygen atoms in total. The van der Waals surface area contributed by atoms with Gasteiger partial charge in [-0.3, -0.25) is 4.79 Å². The summed E-state index contributed by atoms with van der Waals surface area (Å²) in [5.41, 5.74) is -0.764. The van der Waals surface area contributed by atoms with Gasteiger partial charge in [0, 0.05) is 17.6 Å². The number of halogens is 3. The van der Waals surface area contributed by atoms with Crippen molar-refractivity contribution in [3.8, 4) is 0 Å².